The lowest BCUT2D eigenvalue weighted by atomic mass is 10.4. The molecule has 0 aliphatic rings. The van der Waals surface area contributed by atoms with Crippen LogP contribution in [0.1, 0.15) is 6.92 Å². The number of carbonyl (C=O) groups excluding carboxylic acids is 1. The Morgan fingerprint density at radius 2 is 2.08 bits per heavy atom. The summed E-state index contributed by atoms with van der Waals surface area (Å²) in [6.07, 6.45) is 1.26. The van der Waals surface area contributed by atoms with E-state index in [4.69, 9.17) is 39.5 Å². The van der Waals surface area contributed by atoms with Gasteiger partial charge in [-0.1, -0.05) is 34.8 Å². The Morgan fingerprint density at radius 3 is 2.62 bits per heavy atom. The highest BCUT2D eigenvalue weighted by Crippen LogP contribution is 2.36. The van der Waals surface area contributed by atoms with Gasteiger partial charge >= 0.3 is 5.97 Å². The van der Waals surface area contributed by atoms with Crippen LogP contribution in [0.4, 0.5) is 0 Å². The second-order valence-corrected chi connectivity index (χ2v) is 3.28. The van der Waals surface area contributed by atoms with Crippen molar-refractivity contribution >= 4 is 40.8 Å². The van der Waals surface area contributed by atoms with Crippen LogP contribution in [0, 0.1) is 0 Å². The van der Waals surface area contributed by atoms with Crippen molar-refractivity contribution in [1.82, 2.24) is 4.98 Å². The van der Waals surface area contributed by atoms with E-state index in [-0.39, 0.29) is 20.9 Å². The van der Waals surface area contributed by atoms with Gasteiger partial charge in [0.05, 0.1) is 6.20 Å². The van der Waals surface area contributed by atoms with E-state index in [2.05, 4.69) is 4.98 Å². The SMILES string of the molecule is CC(=O)Oc1c(Cl)cnc(Cl)c1Cl. The van der Waals surface area contributed by atoms with E-state index in [0.29, 0.717) is 0 Å². The van der Waals surface area contributed by atoms with Crippen molar-refractivity contribution in [2.45, 2.75) is 6.92 Å². The molecule has 0 unspecified atom stereocenters. The second-order valence-electron chi connectivity index (χ2n) is 2.13. The van der Waals surface area contributed by atoms with Crippen molar-refractivity contribution in [2.24, 2.45) is 0 Å². The fourth-order valence-corrected chi connectivity index (χ4v) is 1.22. The minimum Gasteiger partial charge on any atom is -0.423 e. The number of aromatic nitrogens is 1. The minimum atomic E-state index is -0.522. The van der Waals surface area contributed by atoms with Gasteiger partial charge in [0.1, 0.15) is 10.0 Å². The highest BCUT2D eigenvalue weighted by molar-refractivity contribution is 6.44. The normalized spacial score (nSPS) is 9.85. The first kappa shape index (κ1) is 10.6. The molecule has 0 radical (unpaired) electrons. The van der Waals surface area contributed by atoms with Crippen LogP contribution in [-0.4, -0.2) is 11.0 Å². The Hall–Kier alpha value is -0.510. The largest absolute Gasteiger partial charge is 0.423 e. The van der Waals surface area contributed by atoms with E-state index in [0.717, 1.165) is 0 Å². The van der Waals surface area contributed by atoms with E-state index in [9.17, 15) is 4.79 Å². The quantitative estimate of drug-likeness (QED) is 0.559. The van der Waals surface area contributed by atoms with Crippen molar-refractivity contribution in [3.8, 4) is 5.75 Å². The maximum Gasteiger partial charge on any atom is 0.308 e. The average Bonchev–Trinajstić information content (AvgIpc) is 2.05. The standard InChI is InChI=1S/C7H4Cl3NO2/c1-3(12)13-6-4(8)2-11-7(10)5(6)9/h2H,1H3. The number of hydrogen-bond donors (Lipinski definition) is 0. The lowest BCUT2D eigenvalue weighted by Crippen LogP contribution is -2.03. The molecule has 6 heteroatoms. The minimum absolute atomic E-state index is 0.0318. The zero-order chi connectivity index (χ0) is 10.0. The first-order valence-electron chi connectivity index (χ1n) is 3.20. The predicted molar refractivity (Wildman–Crippen MR) is 50.6 cm³/mol. The molecule has 0 aliphatic heterocycles. The Bertz CT molecular complexity index is 354. The summed E-state index contributed by atoms with van der Waals surface area (Å²) < 4.78 is 4.73. The van der Waals surface area contributed by atoms with E-state index < -0.39 is 5.97 Å². The van der Waals surface area contributed by atoms with Crippen LogP contribution in [-0.2, 0) is 4.79 Å². The summed E-state index contributed by atoms with van der Waals surface area (Å²) in [5.41, 5.74) is 0. The summed E-state index contributed by atoms with van der Waals surface area (Å²) >= 11 is 16.9. The number of nitrogens with zero attached hydrogens (tertiary/aromatic N) is 1. The van der Waals surface area contributed by atoms with E-state index >= 15 is 0 Å². The van der Waals surface area contributed by atoms with Gasteiger partial charge in [-0.05, 0) is 0 Å². The number of carbonyl (C=O) groups is 1. The van der Waals surface area contributed by atoms with E-state index in [1.54, 1.807) is 0 Å². The second kappa shape index (κ2) is 4.13. The molecule has 0 atom stereocenters. The highest BCUT2D eigenvalue weighted by atomic mass is 35.5. The number of esters is 1. The molecule has 1 heterocycles. The van der Waals surface area contributed by atoms with Crippen LogP contribution in [0.15, 0.2) is 6.20 Å². The van der Waals surface area contributed by atoms with Gasteiger partial charge < -0.3 is 4.74 Å². The Labute approximate surface area is 89.6 Å². The molecule has 1 aromatic heterocycles. The molecule has 13 heavy (non-hydrogen) atoms. The van der Waals surface area contributed by atoms with E-state index in [1.165, 1.54) is 13.1 Å². The van der Waals surface area contributed by atoms with Crippen molar-refractivity contribution in [3.63, 3.8) is 0 Å². The molecular weight excluding hydrogens is 236 g/mol. The van der Waals surface area contributed by atoms with Gasteiger partial charge in [-0.3, -0.25) is 4.79 Å². The molecule has 0 fully saturated rings. The molecule has 0 amide bonds. The molecule has 0 spiro atoms. The van der Waals surface area contributed by atoms with Gasteiger partial charge in [0.25, 0.3) is 0 Å². The zero-order valence-electron chi connectivity index (χ0n) is 6.47. The number of pyridine rings is 1. The van der Waals surface area contributed by atoms with Crippen molar-refractivity contribution in [3.05, 3.63) is 21.4 Å². The van der Waals surface area contributed by atoms with Crippen LogP contribution >= 0.6 is 34.8 Å². The monoisotopic (exact) mass is 239 g/mol. The summed E-state index contributed by atoms with van der Waals surface area (Å²) in [4.78, 5) is 14.3. The number of hydrogen-bond acceptors (Lipinski definition) is 3. The number of halogens is 3. The van der Waals surface area contributed by atoms with Crippen molar-refractivity contribution < 1.29 is 9.53 Å². The molecule has 0 bridgehead atoms. The maximum atomic E-state index is 10.6. The summed E-state index contributed by atoms with van der Waals surface area (Å²) in [5, 5.41) is 0.219. The fourth-order valence-electron chi connectivity index (χ4n) is 0.664. The van der Waals surface area contributed by atoms with Gasteiger partial charge in [-0.25, -0.2) is 4.98 Å². The van der Waals surface area contributed by atoms with Gasteiger partial charge in [-0.15, -0.1) is 0 Å². The Kier molecular flexibility index (Phi) is 3.36. The summed E-state index contributed by atoms with van der Waals surface area (Å²) in [6, 6.07) is 0. The molecule has 0 saturated heterocycles. The van der Waals surface area contributed by atoms with Crippen LogP contribution in [0.5, 0.6) is 5.75 Å². The lowest BCUT2D eigenvalue weighted by Gasteiger charge is -2.05. The molecule has 0 saturated carbocycles. The zero-order valence-corrected chi connectivity index (χ0v) is 8.74. The molecule has 1 aromatic rings. The first-order valence-corrected chi connectivity index (χ1v) is 4.33. The predicted octanol–water partition coefficient (Wildman–Crippen LogP) is 2.97. The summed E-state index contributed by atoms with van der Waals surface area (Å²) in [7, 11) is 0. The summed E-state index contributed by atoms with van der Waals surface area (Å²) in [5.74, 6) is -0.484. The van der Waals surface area contributed by atoms with Gasteiger partial charge in [0.2, 0.25) is 0 Å². The maximum absolute atomic E-state index is 10.6. The Balaban J connectivity index is 3.17. The molecule has 1 rings (SSSR count). The third-order valence-electron chi connectivity index (χ3n) is 1.13. The molecule has 0 aromatic carbocycles. The fraction of sp³-hybridized carbons (Fsp3) is 0.143. The van der Waals surface area contributed by atoms with E-state index in [1.807, 2.05) is 0 Å². The highest BCUT2D eigenvalue weighted by Gasteiger charge is 2.13. The van der Waals surface area contributed by atoms with Crippen LogP contribution in [0.25, 0.3) is 0 Å². The van der Waals surface area contributed by atoms with Crippen LogP contribution in [0.2, 0.25) is 15.2 Å². The Morgan fingerprint density at radius 1 is 1.46 bits per heavy atom. The topological polar surface area (TPSA) is 39.2 Å². The van der Waals surface area contributed by atoms with Crippen molar-refractivity contribution in [2.75, 3.05) is 0 Å². The molecule has 0 aliphatic carbocycles. The number of rotatable bonds is 1. The molecule has 3 nitrogen and oxygen atoms in total. The first-order chi connectivity index (χ1) is 6.02. The third-order valence-corrected chi connectivity index (χ3v) is 2.14. The molecule has 70 valence electrons. The third kappa shape index (κ3) is 2.46. The van der Waals surface area contributed by atoms with Gasteiger partial charge in [0.15, 0.2) is 10.9 Å². The van der Waals surface area contributed by atoms with Gasteiger partial charge in [-0.2, -0.15) is 0 Å². The van der Waals surface area contributed by atoms with Crippen LogP contribution in [0.3, 0.4) is 0 Å². The number of ether oxygens (including phenoxy) is 1. The smallest absolute Gasteiger partial charge is 0.308 e. The molecular formula is C7H4Cl3NO2. The molecule has 0 N–H and O–H groups in total. The summed E-state index contributed by atoms with van der Waals surface area (Å²) in [6.45, 7) is 1.24. The van der Waals surface area contributed by atoms with Crippen LogP contribution < -0.4 is 4.74 Å². The van der Waals surface area contributed by atoms with Crippen molar-refractivity contribution in [1.29, 1.82) is 0 Å². The lowest BCUT2D eigenvalue weighted by molar-refractivity contribution is -0.131. The van der Waals surface area contributed by atoms with Gasteiger partial charge in [0, 0.05) is 6.92 Å². The average molecular weight is 240 g/mol.